The molecule has 0 bridgehead atoms. The summed E-state index contributed by atoms with van der Waals surface area (Å²) in [5.41, 5.74) is 0.444. The van der Waals surface area contributed by atoms with Crippen LogP contribution < -0.4 is 9.47 Å². The van der Waals surface area contributed by atoms with Gasteiger partial charge in [-0.1, -0.05) is 0 Å². The smallest absolute Gasteiger partial charge is 0.343 e. The lowest BCUT2D eigenvalue weighted by atomic mass is 10.2. The van der Waals surface area contributed by atoms with Crippen LogP contribution in [0.5, 0.6) is 11.5 Å². The zero-order valence-electron chi connectivity index (χ0n) is 9.36. The summed E-state index contributed by atoms with van der Waals surface area (Å²) in [5, 5.41) is 0. The van der Waals surface area contributed by atoms with E-state index < -0.39 is 5.97 Å². The number of halogens is 1. The Morgan fingerprint density at radius 2 is 2.12 bits per heavy atom. The Morgan fingerprint density at radius 3 is 2.65 bits per heavy atom. The maximum atomic E-state index is 11.0. The summed E-state index contributed by atoms with van der Waals surface area (Å²) >= 11 is 3.24. The monoisotopic (exact) mass is 302 g/mol. The Bertz CT molecular complexity index is 430. The molecular weight excluding hydrogens is 292 g/mol. The predicted molar refractivity (Wildman–Crippen MR) is 63.6 cm³/mol. The van der Waals surface area contributed by atoms with Crippen LogP contribution in [0.15, 0.2) is 16.6 Å². The van der Waals surface area contributed by atoms with Crippen molar-refractivity contribution in [1.82, 2.24) is 0 Å². The van der Waals surface area contributed by atoms with Crippen LogP contribution in [0, 0.1) is 0 Å². The largest absolute Gasteiger partial charge is 0.493 e. The second-order valence-corrected chi connectivity index (χ2v) is 3.87. The van der Waals surface area contributed by atoms with E-state index in [1.165, 1.54) is 20.3 Å². The SMILES string of the molecule is COC(=O)COc1c(Br)cc(C=O)cc1OC. The third-order valence-electron chi connectivity index (χ3n) is 1.95. The van der Waals surface area contributed by atoms with Gasteiger partial charge in [0.05, 0.1) is 18.7 Å². The van der Waals surface area contributed by atoms with Gasteiger partial charge in [0.25, 0.3) is 0 Å². The van der Waals surface area contributed by atoms with Crippen molar-refractivity contribution in [2.24, 2.45) is 0 Å². The third-order valence-corrected chi connectivity index (χ3v) is 2.54. The molecule has 92 valence electrons. The van der Waals surface area contributed by atoms with E-state index in [0.29, 0.717) is 27.8 Å². The van der Waals surface area contributed by atoms with Gasteiger partial charge in [0, 0.05) is 5.56 Å². The molecule has 0 aromatic heterocycles. The summed E-state index contributed by atoms with van der Waals surface area (Å²) in [6.07, 6.45) is 0.692. The van der Waals surface area contributed by atoms with Gasteiger partial charge in [0.1, 0.15) is 6.29 Å². The maximum Gasteiger partial charge on any atom is 0.343 e. The molecule has 0 saturated carbocycles. The summed E-state index contributed by atoms with van der Waals surface area (Å²) in [7, 11) is 2.72. The number of rotatable bonds is 5. The van der Waals surface area contributed by atoms with Crippen molar-refractivity contribution in [2.75, 3.05) is 20.8 Å². The predicted octanol–water partition coefficient (Wildman–Crippen LogP) is 1.82. The average molecular weight is 303 g/mol. The van der Waals surface area contributed by atoms with Gasteiger partial charge in [-0.05, 0) is 28.1 Å². The van der Waals surface area contributed by atoms with Gasteiger partial charge in [-0.15, -0.1) is 0 Å². The summed E-state index contributed by atoms with van der Waals surface area (Å²) in [4.78, 5) is 21.6. The van der Waals surface area contributed by atoms with Crippen LogP contribution >= 0.6 is 15.9 Å². The molecule has 0 unspecified atom stereocenters. The number of hydrogen-bond acceptors (Lipinski definition) is 5. The molecule has 0 radical (unpaired) electrons. The highest BCUT2D eigenvalue weighted by Crippen LogP contribution is 2.36. The van der Waals surface area contributed by atoms with Crippen molar-refractivity contribution in [1.29, 1.82) is 0 Å². The first-order valence-electron chi connectivity index (χ1n) is 4.64. The van der Waals surface area contributed by atoms with Crippen LogP contribution in [-0.4, -0.2) is 33.1 Å². The molecule has 0 amide bonds. The number of benzene rings is 1. The van der Waals surface area contributed by atoms with E-state index in [0.717, 1.165) is 0 Å². The van der Waals surface area contributed by atoms with Gasteiger partial charge in [0.15, 0.2) is 18.1 Å². The molecule has 0 heterocycles. The lowest BCUT2D eigenvalue weighted by Gasteiger charge is -2.12. The topological polar surface area (TPSA) is 61.8 Å². The van der Waals surface area contributed by atoms with Gasteiger partial charge in [-0.3, -0.25) is 4.79 Å². The molecule has 0 atom stereocenters. The van der Waals surface area contributed by atoms with Crippen LogP contribution in [0.4, 0.5) is 0 Å². The van der Waals surface area contributed by atoms with Gasteiger partial charge < -0.3 is 14.2 Å². The zero-order chi connectivity index (χ0) is 12.8. The molecule has 1 aromatic carbocycles. The van der Waals surface area contributed by atoms with Gasteiger partial charge >= 0.3 is 5.97 Å². The Kier molecular flexibility index (Phi) is 4.96. The minimum atomic E-state index is -0.501. The Labute approximate surface area is 107 Å². The first-order valence-corrected chi connectivity index (χ1v) is 5.44. The molecule has 17 heavy (non-hydrogen) atoms. The zero-order valence-corrected chi connectivity index (χ0v) is 10.9. The van der Waals surface area contributed by atoms with E-state index in [4.69, 9.17) is 9.47 Å². The maximum absolute atomic E-state index is 11.0. The van der Waals surface area contributed by atoms with E-state index in [-0.39, 0.29) is 6.61 Å². The molecule has 0 fully saturated rings. The highest BCUT2D eigenvalue weighted by atomic mass is 79.9. The lowest BCUT2D eigenvalue weighted by Crippen LogP contribution is -2.13. The molecule has 5 nitrogen and oxygen atoms in total. The van der Waals surface area contributed by atoms with E-state index in [2.05, 4.69) is 20.7 Å². The van der Waals surface area contributed by atoms with Crippen LogP contribution in [0.2, 0.25) is 0 Å². The molecule has 0 aliphatic carbocycles. The molecule has 6 heteroatoms. The first kappa shape index (κ1) is 13.5. The number of methoxy groups -OCH3 is 2. The first-order chi connectivity index (χ1) is 8.12. The molecular formula is C11H11BrO5. The van der Waals surface area contributed by atoms with Crippen LogP contribution in [0.25, 0.3) is 0 Å². The van der Waals surface area contributed by atoms with E-state index in [9.17, 15) is 9.59 Å². The van der Waals surface area contributed by atoms with Crippen molar-refractivity contribution in [2.45, 2.75) is 0 Å². The molecule has 0 aliphatic heterocycles. The van der Waals surface area contributed by atoms with Crippen molar-refractivity contribution in [3.8, 4) is 11.5 Å². The molecule has 0 spiro atoms. The number of esters is 1. The van der Waals surface area contributed by atoms with Crippen LogP contribution in [0.3, 0.4) is 0 Å². The van der Waals surface area contributed by atoms with Crippen molar-refractivity contribution in [3.63, 3.8) is 0 Å². The second-order valence-electron chi connectivity index (χ2n) is 3.02. The van der Waals surface area contributed by atoms with E-state index >= 15 is 0 Å². The van der Waals surface area contributed by atoms with Gasteiger partial charge in [-0.25, -0.2) is 4.79 Å². The standard InChI is InChI=1S/C11H11BrO5/c1-15-9-4-7(5-13)3-8(12)11(9)17-6-10(14)16-2/h3-5H,6H2,1-2H3. The van der Waals surface area contributed by atoms with Crippen LogP contribution in [0.1, 0.15) is 10.4 Å². The number of hydrogen-bond donors (Lipinski definition) is 0. The summed E-state index contributed by atoms with van der Waals surface area (Å²) in [5.74, 6) is 0.215. The summed E-state index contributed by atoms with van der Waals surface area (Å²) in [6, 6.07) is 3.09. The molecule has 0 saturated heterocycles. The molecule has 0 N–H and O–H groups in total. The van der Waals surface area contributed by atoms with Gasteiger partial charge in [0.2, 0.25) is 0 Å². The summed E-state index contributed by atoms with van der Waals surface area (Å²) in [6.45, 7) is -0.230. The highest BCUT2D eigenvalue weighted by molar-refractivity contribution is 9.10. The minimum Gasteiger partial charge on any atom is -0.493 e. The number of ether oxygens (including phenoxy) is 3. The fourth-order valence-electron chi connectivity index (χ4n) is 1.14. The fraction of sp³-hybridized carbons (Fsp3) is 0.273. The molecule has 1 rings (SSSR count). The normalized spacial score (nSPS) is 9.59. The number of aldehydes is 1. The summed E-state index contributed by atoms with van der Waals surface area (Å²) < 4.78 is 15.3. The molecule has 1 aromatic rings. The fourth-order valence-corrected chi connectivity index (χ4v) is 1.71. The van der Waals surface area contributed by atoms with E-state index in [1.54, 1.807) is 6.07 Å². The Morgan fingerprint density at radius 1 is 1.41 bits per heavy atom. The minimum absolute atomic E-state index is 0.230. The quantitative estimate of drug-likeness (QED) is 0.613. The second kappa shape index (κ2) is 6.24. The Balaban J connectivity index is 2.97. The van der Waals surface area contributed by atoms with Crippen molar-refractivity contribution in [3.05, 3.63) is 22.2 Å². The molecule has 0 aliphatic rings. The van der Waals surface area contributed by atoms with Crippen LogP contribution in [-0.2, 0) is 9.53 Å². The van der Waals surface area contributed by atoms with Gasteiger partial charge in [-0.2, -0.15) is 0 Å². The number of carbonyl (C=O) groups is 2. The Hall–Kier alpha value is -1.56. The van der Waals surface area contributed by atoms with Crippen molar-refractivity contribution < 1.29 is 23.8 Å². The lowest BCUT2D eigenvalue weighted by molar-refractivity contribution is -0.142. The van der Waals surface area contributed by atoms with E-state index in [1.807, 2.05) is 0 Å². The average Bonchev–Trinajstić information content (AvgIpc) is 2.35. The third kappa shape index (κ3) is 3.45. The van der Waals surface area contributed by atoms with Crippen molar-refractivity contribution >= 4 is 28.2 Å². The number of carbonyl (C=O) groups excluding carboxylic acids is 2. The highest BCUT2D eigenvalue weighted by Gasteiger charge is 2.13.